The molecule has 0 amide bonds. The van der Waals surface area contributed by atoms with Gasteiger partial charge in [-0.3, -0.25) is 0 Å². The van der Waals surface area contributed by atoms with Crippen LogP contribution in [0.15, 0.2) is 67.1 Å². The van der Waals surface area contributed by atoms with Crippen molar-refractivity contribution in [3.8, 4) is 16.9 Å². The van der Waals surface area contributed by atoms with E-state index in [1.54, 1.807) is 12.1 Å². The maximum Gasteiger partial charge on any atom is 0.335 e. The number of ether oxygens (including phenoxy) is 1. The summed E-state index contributed by atoms with van der Waals surface area (Å²) in [5, 5.41) is 9.05. The number of carboxylic acids is 1. The molecule has 3 heteroatoms. The van der Waals surface area contributed by atoms with E-state index < -0.39 is 5.97 Å². The summed E-state index contributed by atoms with van der Waals surface area (Å²) in [4.78, 5) is 11.0. The van der Waals surface area contributed by atoms with Crippen LogP contribution in [-0.2, 0) is 0 Å². The molecular weight excluding hydrogens is 240 g/mol. The number of hydrogen-bond acceptors (Lipinski definition) is 2. The molecule has 2 aromatic rings. The van der Waals surface area contributed by atoms with Gasteiger partial charge in [0.15, 0.2) is 0 Å². The molecule has 0 unspecified atom stereocenters. The fourth-order valence-corrected chi connectivity index (χ4v) is 1.71. The summed E-state index contributed by atoms with van der Waals surface area (Å²) in [7, 11) is 0. The second kappa shape index (κ2) is 5.71. The molecule has 0 aliphatic rings. The van der Waals surface area contributed by atoms with Crippen molar-refractivity contribution < 1.29 is 14.6 Å². The molecule has 0 aliphatic carbocycles. The molecule has 0 saturated heterocycles. The van der Waals surface area contributed by atoms with E-state index in [0.29, 0.717) is 11.3 Å². The highest BCUT2D eigenvalue weighted by molar-refractivity contribution is 5.90. The molecule has 3 nitrogen and oxygen atoms in total. The molecule has 0 heterocycles. The first-order valence-corrected chi connectivity index (χ1v) is 5.66. The highest BCUT2D eigenvalue weighted by Crippen LogP contribution is 2.31. The minimum Gasteiger partial charge on any atom is -0.478 e. The number of carbonyl (C=O) groups is 1. The van der Waals surface area contributed by atoms with Crippen molar-refractivity contribution in [2.24, 2.45) is 0 Å². The van der Waals surface area contributed by atoms with Gasteiger partial charge in [0.1, 0.15) is 12.0 Å². The molecular formula is C16H12O3. The maximum atomic E-state index is 11.0. The monoisotopic (exact) mass is 252 g/mol. The summed E-state index contributed by atoms with van der Waals surface area (Å²) in [5.41, 5.74) is 4.34. The van der Waals surface area contributed by atoms with E-state index in [9.17, 15) is 4.79 Å². The van der Waals surface area contributed by atoms with Gasteiger partial charge in [-0.25, -0.2) is 4.79 Å². The first-order valence-electron chi connectivity index (χ1n) is 5.66. The number of rotatable bonds is 4. The van der Waals surface area contributed by atoms with Gasteiger partial charge in [-0.15, -0.1) is 0 Å². The van der Waals surface area contributed by atoms with Crippen LogP contribution < -0.4 is 4.74 Å². The Morgan fingerprint density at radius 3 is 2.58 bits per heavy atom. The van der Waals surface area contributed by atoms with Crippen molar-refractivity contribution in [1.29, 1.82) is 0 Å². The smallest absolute Gasteiger partial charge is 0.335 e. The van der Waals surface area contributed by atoms with Crippen molar-refractivity contribution in [3.63, 3.8) is 0 Å². The Morgan fingerprint density at radius 1 is 1.21 bits per heavy atom. The van der Waals surface area contributed by atoms with E-state index in [0.717, 1.165) is 5.56 Å². The standard InChI is InChI=1S/C16H12O3/c1-2-10-19-15-9-8-13(16(17)18)11-14(15)12-6-4-3-5-7-12/h3-11H,1H2,(H,17,18). The van der Waals surface area contributed by atoms with Gasteiger partial charge in [0, 0.05) is 5.56 Å². The van der Waals surface area contributed by atoms with E-state index in [1.807, 2.05) is 30.3 Å². The van der Waals surface area contributed by atoms with Gasteiger partial charge in [-0.2, -0.15) is 0 Å². The number of aromatic carboxylic acids is 1. The predicted molar refractivity (Wildman–Crippen MR) is 73.2 cm³/mol. The van der Waals surface area contributed by atoms with E-state index in [4.69, 9.17) is 9.84 Å². The average molecular weight is 252 g/mol. The van der Waals surface area contributed by atoms with Crippen molar-refractivity contribution >= 4 is 5.97 Å². The van der Waals surface area contributed by atoms with E-state index in [2.05, 4.69) is 12.3 Å². The van der Waals surface area contributed by atoms with Crippen LogP contribution in [0.2, 0.25) is 0 Å². The van der Waals surface area contributed by atoms with Crippen molar-refractivity contribution in [1.82, 2.24) is 0 Å². The molecule has 1 N–H and O–H groups in total. The first-order chi connectivity index (χ1) is 9.22. The SMILES string of the molecule is C=C=COc1ccc(C(=O)O)cc1-c1ccccc1. The number of benzene rings is 2. The number of carboxylic acid groups (broad SMARTS) is 1. The molecule has 2 rings (SSSR count). The van der Waals surface area contributed by atoms with Crippen LogP contribution in [0.1, 0.15) is 10.4 Å². The molecule has 19 heavy (non-hydrogen) atoms. The van der Waals surface area contributed by atoms with E-state index in [-0.39, 0.29) is 5.56 Å². The summed E-state index contributed by atoms with van der Waals surface area (Å²) in [5.74, 6) is -0.407. The second-order valence-corrected chi connectivity index (χ2v) is 3.82. The average Bonchev–Trinajstić information content (AvgIpc) is 2.45. The van der Waals surface area contributed by atoms with Gasteiger partial charge in [0.2, 0.25) is 0 Å². The van der Waals surface area contributed by atoms with Gasteiger partial charge >= 0.3 is 5.97 Å². The summed E-state index contributed by atoms with van der Waals surface area (Å²) >= 11 is 0. The van der Waals surface area contributed by atoms with Crippen molar-refractivity contribution in [2.45, 2.75) is 0 Å². The molecule has 0 aromatic heterocycles. The van der Waals surface area contributed by atoms with Gasteiger partial charge < -0.3 is 9.84 Å². The highest BCUT2D eigenvalue weighted by Gasteiger charge is 2.10. The third kappa shape index (κ3) is 2.92. The topological polar surface area (TPSA) is 46.5 Å². The van der Waals surface area contributed by atoms with Crippen molar-refractivity contribution in [2.75, 3.05) is 0 Å². The summed E-state index contributed by atoms with van der Waals surface area (Å²) in [6, 6.07) is 14.2. The van der Waals surface area contributed by atoms with Crippen molar-refractivity contribution in [3.05, 3.63) is 72.7 Å². The Balaban J connectivity index is 2.56. The Kier molecular flexibility index (Phi) is 3.81. The largest absolute Gasteiger partial charge is 0.478 e. The fraction of sp³-hybridized carbons (Fsp3) is 0. The second-order valence-electron chi connectivity index (χ2n) is 3.82. The molecule has 0 aliphatic heterocycles. The number of hydrogen-bond donors (Lipinski definition) is 1. The Bertz CT molecular complexity index is 638. The molecule has 0 bridgehead atoms. The lowest BCUT2D eigenvalue weighted by molar-refractivity contribution is 0.0697. The zero-order chi connectivity index (χ0) is 13.7. The fourth-order valence-electron chi connectivity index (χ4n) is 1.71. The minimum atomic E-state index is -0.969. The third-order valence-electron chi connectivity index (χ3n) is 2.58. The predicted octanol–water partition coefficient (Wildman–Crippen LogP) is 3.73. The first kappa shape index (κ1) is 12.7. The molecule has 2 aromatic carbocycles. The zero-order valence-electron chi connectivity index (χ0n) is 10.2. The van der Waals surface area contributed by atoms with Crippen LogP contribution in [0, 0.1) is 0 Å². The van der Waals surface area contributed by atoms with Gasteiger partial charge in [-0.05, 0) is 23.8 Å². The van der Waals surface area contributed by atoms with E-state index >= 15 is 0 Å². The summed E-state index contributed by atoms with van der Waals surface area (Å²) < 4.78 is 5.38. The van der Waals surface area contributed by atoms with Gasteiger partial charge in [0.25, 0.3) is 0 Å². The van der Waals surface area contributed by atoms with Crippen LogP contribution in [-0.4, -0.2) is 11.1 Å². The molecule has 0 radical (unpaired) electrons. The Hall–Kier alpha value is -2.77. The lowest BCUT2D eigenvalue weighted by Crippen LogP contribution is -1.97. The molecule has 0 saturated carbocycles. The maximum absolute atomic E-state index is 11.0. The van der Waals surface area contributed by atoms with Gasteiger partial charge in [0.05, 0.1) is 5.56 Å². The molecule has 94 valence electrons. The Morgan fingerprint density at radius 2 is 1.95 bits per heavy atom. The van der Waals surface area contributed by atoms with Gasteiger partial charge in [-0.1, -0.05) is 42.6 Å². The van der Waals surface area contributed by atoms with Crippen LogP contribution in [0.25, 0.3) is 11.1 Å². The highest BCUT2D eigenvalue weighted by atomic mass is 16.5. The Labute approximate surface area is 111 Å². The van der Waals surface area contributed by atoms with E-state index in [1.165, 1.54) is 12.3 Å². The molecule has 0 spiro atoms. The zero-order valence-corrected chi connectivity index (χ0v) is 10.2. The third-order valence-corrected chi connectivity index (χ3v) is 2.58. The summed E-state index contributed by atoms with van der Waals surface area (Å²) in [6.07, 6.45) is 1.34. The van der Waals surface area contributed by atoms with Crippen LogP contribution >= 0.6 is 0 Å². The minimum absolute atomic E-state index is 0.216. The van der Waals surface area contributed by atoms with Crippen LogP contribution in [0.5, 0.6) is 5.75 Å². The molecule has 0 fully saturated rings. The quantitative estimate of drug-likeness (QED) is 0.666. The normalized spacial score (nSPS) is 9.47. The van der Waals surface area contributed by atoms with Crippen LogP contribution in [0.3, 0.4) is 0 Å². The molecule has 0 atom stereocenters. The lowest BCUT2D eigenvalue weighted by Gasteiger charge is -2.09. The lowest BCUT2D eigenvalue weighted by atomic mass is 10.0. The van der Waals surface area contributed by atoms with Crippen LogP contribution in [0.4, 0.5) is 0 Å². The summed E-state index contributed by atoms with van der Waals surface area (Å²) in [6.45, 7) is 3.42.